The van der Waals surface area contributed by atoms with Crippen molar-refractivity contribution in [2.24, 2.45) is 0 Å². The van der Waals surface area contributed by atoms with Gasteiger partial charge in [0.1, 0.15) is 0 Å². The minimum atomic E-state index is -0.160. The van der Waals surface area contributed by atoms with Crippen LogP contribution in [0, 0.1) is 6.92 Å². The molecule has 1 N–H and O–H groups in total. The van der Waals surface area contributed by atoms with E-state index in [4.69, 9.17) is 14.2 Å². The number of carbonyl (C=O) groups excluding carboxylic acids is 1. The van der Waals surface area contributed by atoms with Crippen LogP contribution in [0.25, 0.3) is 10.9 Å². The van der Waals surface area contributed by atoms with Crippen LogP contribution in [0.1, 0.15) is 34.6 Å². The smallest absolute Gasteiger partial charge is 0.220 e. The van der Waals surface area contributed by atoms with Crippen LogP contribution in [0.15, 0.2) is 72.9 Å². The zero-order valence-electron chi connectivity index (χ0n) is 23.7. The molecular weight excluding hydrogens is 502 g/mol. The van der Waals surface area contributed by atoms with Crippen LogP contribution in [0.4, 0.5) is 0 Å². The number of aromatic nitrogens is 1. The zero-order valence-corrected chi connectivity index (χ0v) is 23.7. The molecule has 1 amide bonds. The largest absolute Gasteiger partial charge is 0.493 e. The van der Waals surface area contributed by atoms with Crippen LogP contribution in [-0.4, -0.2) is 69.0 Å². The lowest BCUT2D eigenvalue weighted by molar-refractivity contribution is -0.121. The molecule has 1 aliphatic heterocycles. The van der Waals surface area contributed by atoms with Gasteiger partial charge < -0.3 is 24.1 Å². The molecule has 210 valence electrons. The maximum Gasteiger partial charge on any atom is 0.220 e. The van der Waals surface area contributed by atoms with Crippen LogP contribution in [0.5, 0.6) is 11.5 Å². The second-order valence-corrected chi connectivity index (χ2v) is 10.4. The first kappa shape index (κ1) is 27.7. The number of amides is 1. The Labute approximate surface area is 236 Å². The van der Waals surface area contributed by atoms with E-state index in [9.17, 15) is 4.79 Å². The maximum atomic E-state index is 13.4. The predicted octanol–water partition coefficient (Wildman–Crippen LogP) is 4.99. The summed E-state index contributed by atoms with van der Waals surface area (Å²) in [5, 5.41) is 4.32. The summed E-state index contributed by atoms with van der Waals surface area (Å²) in [5.74, 6) is 1.19. The number of methoxy groups -OCH3 is 2. The molecule has 7 heteroatoms. The number of nitrogens with one attached hydrogen (secondary N) is 1. The molecule has 1 atom stereocenters. The summed E-state index contributed by atoms with van der Waals surface area (Å²) in [5.41, 5.74) is 5.77. The summed E-state index contributed by atoms with van der Waals surface area (Å²) in [4.78, 5) is 15.7. The summed E-state index contributed by atoms with van der Waals surface area (Å²) in [6.07, 6.45) is 2.55. The highest BCUT2D eigenvalue weighted by Gasteiger charge is 2.24. The van der Waals surface area contributed by atoms with E-state index < -0.39 is 0 Å². The molecule has 40 heavy (non-hydrogen) atoms. The Morgan fingerprint density at radius 3 is 2.48 bits per heavy atom. The highest BCUT2D eigenvalue weighted by atomic mass is 16.5. The molecule has 0 spiro atoms. The Kier molecular flexibility index (Phi) is 9.04. The monoisotopic (exact) mass is 541 g/mol. The first-order chi connectivity index (χ1) is 19.6. The summed E-state index contributed by atoms with van der Waals surface area (Å²) in [6, 6.07) is 23.1. The Morgan fingerprint density at radius 1 is 0.975 bits per heavy atom. The standard InChI is InChI=1S/C33H39N3O4/c1-24-8-10-25(11-9-24)22-36-23-29(27-6-4-5-7-30(27)36)28(26-12-13-31(38-2)32(20-26)39-3)21-33(37)34-14-15-35-16-18-40-19-17-35/h4-13,20,23,28H,14-19,21-22H2,1-3H3,(H,34,37). The topological polar surface area (TPSA) is 65.0 Å². The fourth-order valence-electron chi connectivity index (χ4n) is 5.49. The van der Waals surface area contributed by atoms with Crippen molar-refractivity contribution in [3.05, 3.63) is 95.2 Å². The van der Waals surface area contributed by atoms with E-state index in [1.54, 1.807) is 14.2 Å². The van der Waals surface area contributed by atoms with Gasteiger partial charge >= 0.3 is 0 Å². The number of hydrogen-bond donors (Lipinski definition) is 1. The minimum absolute atomic E-state index is 0.0309. The van der Waals surface area contributed by atoms with Crippen molar-refractivity contribution in [1.29, 1.82) is 0 Å². The number of aryl methyl sites for hydroxylation is 1. The van der Waals surface area contributed by atoms with E-state index in [0.29, 0.717) is 24.5 Å². The third-order valence-corrected chi connectivity index (χ3v) is 7.72. The van der Waals surface area contributed by atoms with E-state index in [0.717, 1.165) is 61.4 Å². The minimum Gasteiger partial charge on any atom is -0.493 e. The second-order valence-electron chi connectivity index (χ2n) is 10.4. The molecule has 1 aromatic heterocycles. The number of benzene rings is 3. The van der Waals surface area contributed by atoms with Crippen molar-refractivity contribution in [1.82, 2.24) is 14.8 Å². The van der Waals surface area contributed by atoms with Gasteiger partial charge in [0.15, 0.2) is 11.5 Å². The van der Waals surface area contributed by atoms with Crippen molar-refractivity contribution in [3.8, 4) is 11.5 Å². The first-order valence-corrected chi connectivity index (χ1v) is 14.0. The third-order valence-electron chi connectivity index (χ3n) is 7.72. The molecule has 1 aliphatic rings. The van der Waals surface area contributed by atoms with Crippen LogP contribution in [0.2, 0.25) is 0 Å². The highest BCUT2D eigenvalue weighted by Crippen LogP contribution is 2.38. The normalized spacial score (nSPS) is 14.7. The fourth-order valence-corrected chi connectivity index (χ4v) is 5.49. The van der Waals surface area contributed by atoms with Gasteiger partial charge in [0.05, 0.1) is 27.4 Å². The quantitative estimate of drug-likeness (QED) is 0.290. The number of rotatable bonds is 11. The lowest BCUT2D eigenvalue weighted by atomic mass is 9.87. The fraction of sp³-hybridized carbons (Fsp3) is 0.364. The molecule has 3 aromatic carbocycles. The van der Waals surface area contributed by atoms with Crippen molar-refractivity contribution in [2.45, 2.75) is 25.8 Å². The summed E-state index contributed by atoms with van der Waals surface area (Å²) < 4.78 is 18.9. The molecule has 1 saturated heterocycles. The van der Waals surface area contributed by atoms with E-state index in [-0.39, 0.29) is 11.8 Å². The molecular formula is C33H39N3O4. The lowest BCUT2D eigenvalue weighted by Crippen LogP contribution is -2.41. The molecule has 0 saturated carbocycles. The van der Waals surface area contributed by atoms with Gasteiger partial charge in [0, 0.05) is 62.2 Å². The molecule has 0 radical (unpaired) electrons. The predicted molar refractivity (Wildman–Crippen MR) is 158 cm³/mol. The van der Waals surface area contributed by atoms with E-state index >= 15 is 0 Å². The first-order valence-electron chi connectivity index (χ1n) is 14.0. The lowest BCUT2D eigenvalue weighted by Gasteiger charge is -2.26. The maximum absolute atomic E-state index is 13.4. The van der Waals surface area contributed by atoms with Gasteiger partial charge in [-0.1, -0.05) is 54.1 Å². The Balaban J connectivity index is 1.46. The van der Waals surface area contributed by atoms with Crippen molar-refractivity contribution in [3.63, 3.8) is 0 Å². The van der Waals surface area contributed by atoms with Gasteiger partial charge in [-0.3, -0.25) is 9.69 Å². The van der Waals surface area contributed by atoms with Gasteiger partial charge in [-0.15, -0.1) is 0 Å². The third kappa shape index (κ3) is 6.49. The number of hydrogen-bond acceptors (Lipinski definition) is 5. The number of nitrogens with zero attached hydrogens (tertiary/aromatic N) is 2. The number of fused-ring (bicyclic) bond motifs is 1. The van der Waals surface area contributed by atoms with Gasteiger partial charge in [0.2, 0.25) is 5.91 Å². The molecule has 0 aliphatic carbocycles. The average molecular weight is 542 g/mol. The highest BCUT2D eigenvalue weighted by molar-refractivity contribution is 5.87. The summed E-state index contributed by atoms with van der Waals surface area (Å²) >= 11 is 0. The van der Waals surface area contributed by atoms with Crippen LogP contribution in [0.3, 0.4) is 0 Å². The van der Waals surface area contributed by atoms with Crippen molar-refractivity contribution < 1.29 is 19.0 Å². The summed E-state index contributed by atoms with van der Waals surface area (Å²) in [7, 11) is 3.28. The molecule has 4 aromatic rings. The van der Waals surface area contributed by atoms with Crippen LogP contribution >= 0.6 is 0 Å². The van der Waals surface area contributed by atoms with Crippen molar-refractivity contribution >= 4 is 16.8 Å². The molecule has 5 rings (SSSR count). The number of para-hydroxylation sites is 1. The van der Waals surface area contributed by atoms with E-state index in [1.165, 1.54) is 11.1 Å². The Bertz CT molecular complexity index is 1420. The Morgan fingerprint density at radius 2 is 1.73 bits per heavy atom. The molecule has 1 fully saturated rings. The van der Waals surface area contributed by atoms with E-state index in [2.05, 4.69) is 76.4 Å². The van der Waals surface area contributed by atoms with Gasteiger partial charge in [-0.25, -0.2) is 0 Å². The van der Waals surface area contributed by atoms with Crippen molar-refractivity contribution in [2.75, 3.05) is 53.6 Å². The zero-order chi connectivity index (χ0) is 27.9. The average Bonchev–Trinajstić information content (AvgIpc) is 3.35. The van der Waals surface area contributed by atoms with E-state index in [1.807, 2.05) is 18.2 Å². The van der Waals surface area contributed by atoms with Gasteiger partial charge in [0.25, 0.3) is 0 Å². The SMILES string of the molecule is COc1ccc(C(CC(=O)NCCN2CCOCC2)c2cn(Cc3ccc(C)cc3)c3ccccc23)cc1OC. The molecule has 1 unspecified atom stereocenters. The molecule has 0 bridgehead atoms. The van der Waals surface area contributed by atoms with Crippen LogP contribution < -0.4 is 14.8 Å². The van der Waals surface area contributed by atoms with Crippen LogP contribution in [-0.2, 0) is 16.1 Å². The van der Waals surface area contributed by atoms with Gasteiger partial charge in [-0.05, 0) is 41.8 Å². The number of ether oxygens (including phenoxy) is 3. The second kappa shape index (κ2) is 13.0. The summed E-state index contributed by atoms with van der Waals surface area (Å²) in [6.45, 7) is 7.62. The Hall–Kier alpha value is -3.81. The molecule has 2 heterocycles. The number of carbonyl (C=O) groups is 1. The number of morpholine rings is 1. The van der Waals surface area contributed by atoms with Gasteiger partial charge in [-0.2, -0.15) is 0 Å². The molecule has 7 nitrogen and oxygen atoms in total.